The van der Waals surface area contributed by atoms with E-state index >= 15 is 0 Å². The van der Waals surface area contributed by atoms with E-state index in [2.05, 4.69) is 0 Å². The molecule has 7 heteroatoms. The summed E-state index contributed by atoms with van der Waals surface area (Å²) >= 11 is 0. The molecule has 25 heavy (non-hydrogen) atoms. The number of methoxy groups -OCH3 is 2. The second kappa shape index (κ2) is 8.08. The number of carbonyl (C=O) groups is 1. The molecular weight excluding hydrogens is 342 g/mol. The molecule has 0 unspecified atom stereocenters. The first-order valence-electron chi connectivity index (χ1n) is 8.52. The van der Waals surface area contributed by atoms with E-state index in [0.29, 0.717) is 43.0 Å². The van der Waals surface area contributed by atoms with Crippen LogP contribution in [-0.2, 0) is 9.84 Å². The summed E-state index contributed by atoms with van der Waals surface area (Å²) in [5, 5.41) is -0.362. The predicted octanol–water partition coefficient (Wildman–Crippen LogP) is 2.38. The first-order chi connectivity index (χ1) is 11.8. The second-order valence-electron chi connectivity index (χ2n) is 6.75. The number of sulfone groups is 1. The first-order valence-corrected chi connectivity index (χ1v) is 10.2. The highest BCUT2D eigenvalue weighted by atomic mass is 32.2. The summed E-state index contributed by atoms with van der Waals surface area (Å²) in [6.07, 6.45) is 0.941. The van der Waals surface area contributed by atoms with Gasteiger partial charge in [0.05, 0.1) is 25.2 Å². The zero-order chi connectivity index (χ0) is 18.6. The number of benzene rings is 1. The lowest BCUT2D eigenvalue weighted by Gasteiger charge is -2.32. The molecule has 0 atom stereocenters. The van der Waals surface area contributed by atoms with Gasteiger partial charge in [-0.05, 0) is 30.9 Å². The maximum absolute atomic E-state index is 12.9. The normalized spacial score (nSPS) is 16.1. The molecule has 1 aromatic carbocycles. The molecule has 0 spiro atoms. The third-order valence-electron chi connectivity index (χ3n) is 4.44. The van der Waals surface area contributed by atoms with Crippen molar-refractivity contribution in [3.05, 3.63) is 23.8 Å². The fraction of sp³-hybridized carbons (Fsp3) is 0.611. The van der Waals surface area contributed by atoms with Crippen LogP contribution >= 0.6 is 0 Å². The van der Waals surface area contributed by atoms with Crippen LogP contribution in [-0.4, -0.2) is 57.5 Å². The molecular formula is C18H27NO5S. The minimum atomic E-state index is -3.11. The summed E-state index contributed by atoms with van der Waals surface area (Å²) in [6, 6.07) is 5.20. The van der Waals surface area contributed by atoms with Gasteiger partial charge in [0.15, 0.2) is 9.84 Å². The van der Waals surface area contributed by atoms with E-state index in [0.717, 1.165) is 0 Å². The molecule has 0 saturated carbocycles. The van der Waals surface area contributed by atoms with Crippen molar-refractivity contribution in [1.29, 1.82) is 0 Å². The number of piperidine rings is 1. The van der Waals surface area contributed by atoms with E-state index in [4.69, 9.17) is 9.47 Å². The Hall–Kier alpha value is -1.76. The van der Waals surface area contributed by atoms with Crippen LogP contribution in [0.1, 0.15) is 37.0 Å². The van der Waals surface area contributed by atoms with Crippen LogP contribution in [0.25, 0.3) is 0 Å². The van der Waals surface area contributed by atoms with E-state index in [9.17, 15) is 13.2 Å². The molecule has 1 amide bonds. The number of hydrogen-bond donors (Lipinski definition) is 0. The molecule has 1 heterocycles. The van der Waals surface area contributed by atoms with E-state index in [1.54, 1.807) is 23.1 Å². The van der Waals surface area contributed by atoms with Crippen molar-refractivity contribution < 1.29 is 22.7 Å². The number of nitrogens with zero attached hydrogens (tertiary/aromatic N) is 1. The Kier molecular flexibility index (Phi) is 6.32. The molecule has 1 aliphatic rings. The quantitative estimate of drug-likeness (QED) is 0.770. The van der Waals surface area contributed by atoms with Gasteiger partial charge in [-0.15, -0.1) is 0 Å². The van der Waals surface area contributed by atoms with Crippen LogP contribution in [0.2, 0.25) is 0 Å². The summed E-state index contributed by atoms with van der Waals surface area (Å²) < 4.78 is 35.4. The van der Waals surface area contributed by atoms with Gasteiger partial charge < -0.3 is 14.4 Å². The molecule has 0 N–H and O–H groups in total. The molecule has 6 nitrogen and oxygen atoms in total. The van der Waals surface area contributed by atoms with Gasteiger partial charge >= 0.3 is 0 Å². The molecule has 2 rings (SSSR count). The summed E-state index contributed by atoms with van der Waals surface area (Å²) in [5.74, 6) is 1.04. The lowest BCUT2D eigenvalue weighted by Crippen LogP contribution is -2.43. The fourth-order valence-corrected chi connectivity index (χ4v) is 5.37. The van der Waals surface area contributed by atoms with Crippen molar-refractivity contribution in [3.8, 4) is 11.5 Å². The second-order valence-corrected chi connectivity index (χ2v) is 9.08. The summed E-state index contributed by atoms with van der Waals surface area (Å²) in [6.45, 7) is 4.65. The smallest absolute Gasteiger partial charge is 0.261 e. The predicted molar refractivity (Wildman–Crippen MR) is 97.1 cm³/mol. The molecule has 140 valence electrons. The van der Waals surface area contributed by atoms with E-state index in [1.807, 2.05) is 13.8 Å². The maximum atomic E-state index is 12.9. The summed E-state index contributed by atoms with van der Waals surface area (Å²) in [7, 11) is -0.0890. The average Bonchev–Trinajstić information content (AvgIpc) is 2.59. The average molecular weight is 369 g/mol. The molecule has 0 aliphatic carbocycles. The van der Waals surface area contributed by atoms with Crippen molar-refractivity contribution in [2.24, 2.45) is 5.92 Å². The summed E-state index contributed by atoms with van der Waals surface area (Å²) in [4.78, 5) is 14.6. The van der Waals surface area contributed by atoms with Gasteiger partial charge in [-0.3, -0.25) is 4.79 Å². The number of hydrogen-bond acceptors (Lipinski definition) is 5. The van der Waals surface area contributed by atoms with Gasteiger partial charge in [0.25, 0.3) is 5.91 Å². The Morgan fingerprint density at radius 2 is 1.68 bits per heavy atom. The topological polar surface area (TPSA) is 72.9 Å². The minimum absolute atomic E-state index is 0.113. The third-order valence-corrected chi connectivity index (χ3v) is 7.06. The zero-order valence-electron chi connectivity index (χ0n) is 15.3. The number of ether oxygens (including phenoxy) is 2. The Morgan fingerprint density at radius 3 is 2.12 bits per heavy atom. The van der Waals surface area contributed by atoms with Crippen molar-refractivity contribution in [1.82, 2.24) is 4.90 Å². The van der Waals surface area contributed by atoms with Crippen LogP contribution in [0.4, 0.5) is 0 Å². The van der Waals surface area contributed by atoms with Crippen LogP contribution in [0.3, 0.4) is 0 Å². The number of likely N-dealkylation sites (tertiary alicyclic amines) is 1. The molecule has 0 bridgehead atoms. The third kappa shape index (κ3) is 4.45. The van der Waals surface area contributed by atoms with Crippen LogP contribution in [0.15, 0.2) is 18.2 Å². The molecule has 0 radical (unpaired) electrons. The molecule has 1 aliphatic heterocycles. The Labute approximate surface area is 150 Å². The van der Waals surface area contributed by atoms with Crippen LogP contribution < -0.4 is 9.47 Å². The van der Waals surface area contributed by atoms with Crippen molar-refractivity contribution in [2.45, 2.75) is 31.9 Å². The Morgan fingerprint density at radius 1 is 1.16 bits per heavy atom. The van der Waals surface area contributed by atoms with E-state index < -0.39 is 9.84 Å². The van der Waals surface area contributed by atoms with Gasteiger partial charge in [0.2, 0.25) is 0 Å². The highest BCUT2D eigenvalue weighted by molar-refractivity contribution is 7.92. The van der Waals surface area contributed by atoms with Gasteiger partial charge in [0, 0.05) is 13.1 Å². The van der Waals surface area contributed by atoms with Crippen molar-refractivity contribution >= 4 is 15.7 Å². The maximum Gasteiger partial charge on any atom is 0.261 e. The van der Waals surface area contributed by atoms with Crippen LogP contribution in [0, 0.1) is 5.92 Å². The lowest BCUT2D eigenvalue weighted by atomic mass is 10.1. The highest BCUT2D eigenvalue weighted by Crippen LogP contribution is 2.31. The zero-order valence-corrected chi connectivity index (χ0v) is 16.1. The lowest BCUT2D eigenvalue weighted by molar-refractivity contribution is 0.0718. The first kappa shape index (κ1) is 19.6. The van der Waals surface area contributed by atoms with Gasteiger partial charge in [0.1, 0.15) is 17.1 Å². The van der Waals surface area contributed by atoms with Gasteiger partial charge in [-0.2, -0.15) is 0 Å². The SMILES string of the molecule is COc1cccc(OC)c1C(=O)N1CCC(S(=O)(=O)CC(C)C)CC1. The molecule has 1 fully saturated rings. The Balaban J connectivity index is 2.13. The fourth-order valence-electron chi connectivity index (χ4n) is 3.24. The summed E-state index contributed by atoms with van der Waals surface area (Å²) in [5.41, 5.74) is 0.385. The monoisotopic (exact) mass is 369 g/mol. The highest BCUT2D eigenvalue weighted by Gasteiger charge is 2.33. The van der Waals surface area contributed by atoms with E-state index in [-0.39, 0.29) is 22.8 Å². The number of amides is 1. The largest absolute Gasteiger partial charge is 0.496 e. The number of carbonyl (C=O) groups excluding carboxylic acids is 1. The van der Waals surface area contributed by atoms with Crippen molar-refractivity contribution in [3.63, 3.8) is 0 Å². The molecule has 1 aromatic rings. The van der Waals surface area contributed by atoms with Gasteiger partial charge in [-0.25, -0.2) is 8.42 Å². The minimum Gasteiger partial charge on any atom is -0.496 e. The Bertz CT molecular complexity index is 684. The van der Waals surface area contributed by atoms with Crippen LogP contribution in [0.5, 0.6) is 11.5 Å². The standard InChI is InChI=1S/C18H27NO5S/c1-13(2)12-25(21,22)14-8-10-19(11-9-14)18(20)17-15(23-3)6-5-7-16(17)24-4/h5-7,13-14H,8-12H2,1-4H3. The van der Waals surface area contributed by atoms with E-state index in [1.165, 1.54) is 14.2 Å². The van der Waals surface area contributed by atoms with Crippen molar-refractivity contribution in [2.75, 3.05) is 33.1 Å². The molecule has 1 saturated heterocycles. The molecule has 0 aromatic heterocycles. The number of rotatable bonds is 6. The van der Waals surface area contributed by atoms with Gasteiger partial charge in [-0.1, -0.05) is 19.9 Å².